The number of methoxy groups -OCH3 is 1. The lowest BCUT2D eigenvalue weighted by Gasteiger charge is -2.23. The third-order valence-corrected chi connectivity index (χ3v) is 7.53. The first-order valence-electron chi connectivity index (χ1n) is 12.2. The van der Waals surface area contributed by atoms with Crippen LogP contribution in [0.25, 0.3) is 16.0 Å². The number of benzene rings is 3. The number of amides is 1. The molecule has 0 bridgehead atoms. The third kappa shape index (κ3) is 4.85. The standard InChI is InChI=1S/C29H25ClN2O5S/c1-3-4-13-37-21-10-6-8-18(15-21)26(33)24-25(17-7-5-9-20(14-17)36-2)32(28(35)27(24)34)29-31-22-12-11-19(30)16-23(22)38-29/h5-12,14-16,25,33H,3-4,13H2,1-2H3/b26-24+. The highest BCUT2D eigenvalue weighted by atomic mass is 35.5. The van der Waals surface area contributed by atoms with Crippen molar-refractivity contribution < 1.29 is 24.2 Å². The maximum atomic E-state index is 13.5. The van der Waals surface area contributed by atoms with Gasteiger partial charge in [-0.05, 0) is 54.4 Å². The summed E-state index contributed by atoms with van der Waals surface area (Å²) >= 11 is 7.41. The van der Waals surface area contributed by atoms with Gasteiger partial charge in [-0.2, -0.15) is 0 Å². The first kappa shape index (κ1) is 25.8. The third-order valence-electron chi connectivity index (χ3n) is 6.27. The van der Waals surface area contributed by atoms with Crippen LogP contribution in [-0.4, -0.2) is 35.5 Å². The first-order valence-corrected chi connectivity index (χ1v) is 13.3. The molecule has 0 radical (unpaired) electrons. The molecule has 194 valence electrons. The summed E-state index contributed by atoms with van der Waals surface area (Å²) in [5.41, 5.74) is 1.59. The van der Waals surface area contributed by atoms with Crippen molar-refractivity contribution in [2.75, 3.05) is 18.6 Å². The fourth-order valence-electron chi connectivity index (χ4n) is 4.37. The fraction of sp³-hybridized carbons (Fsp3) is 0.207. The number of aliphatic hydroxyl groups is 1. The molecule has 0 saturated carbocycles. The summed E-state index contributed by atoms with van der Waals surface area (Å²) in [6, 6.07) is 18.3. The molecular weight excluding hydrogens is 524 g/mol. The van der Waals surface area contributed by atoms with Crippen LogP contribution in [0, 0.1) is 0 Å². The number of unbranched alkanes of at least 4 members (excludes halogenated alkanes) is 1. The van der Waals surface area contributed by atoms with E-state index in [9.17, 15) is 14.7 Å². The number of halogens is 1. The van der Waals surface area contributed by atoms with E-state index in [0.29, 0.717) is 44.9 Å². The van der Waals surface area contributed by atoms with Crippen LogP contribution >= 0.6 is 22.9 Å². The van der Waals surface area contributed by atoms with Crippen molar-refractivity contribution in [3.05, 3.63) is 88.5 Å². The molecular formula is C29H25ClN2O5S. The summed E-state index contributed by atoms with van der Waals surface area (Å²) in [5.74, 6) is -0.748. The van der Waals surface area contributed by atoms with Crippen LogP contribution in [0.4, 0.5) is 5.13 Å². The molecule has 9 heteroatoms. The Bertz CT molecular complexity index is 1560. The topological polar surface area (TPSA) is 89.0 Å². The Morgan fingerprint density at radius 3 is 2.66 bits per heavy atom. The Hall–Kier alpha value is -3.88. The van der Waals surface area contributed by atoms with E-state index in [1.165, 1.54) is 23.3 Å². The van der Waals surface area contributed by atoms with Crippen LogP contribution in [0.15, 0.2) is 72.3 Å². The van der Waals surface area contributed by atoms with Gasteiger partial charge in [0.15, 0.2) is 5.13 Å². The molecule has 1 amide bonds. The smallest absolute Gasteiger partial charge is 0.301 e. The van der Waals surface area contributed by atoms with E-state index in [-0.39, 0.29) is 11.3 Å². The maximum absolute atomic E-state index is 13.5. The number of carbonyl (C=O) groups is 2. The minimum Gasteiger partial charge on any atom is -0.507 e. The van der Waals surface area contributed by atoms with Gasteiger partial charge in [0.2, 0.25) is 0 Å². The molecule has 0 aliphatic carbocycles. The predicted molar refractivity (Wildman–Crippen MR) is 149 cm³/mol. The molecule has 38 heavy (non-hydrogen) atoms. The van der Waals surface area contributed by atoms with E-state index in [1.807, 2.05) is 0 Å². The molecule has 1 N–H and O–H groups in total. The van der Waals surface area contributed by atoms with Crippen LogP contribution in [0.3, 0.4) is 0 Å². The molecule has 1 aliphatic rings. The van der Waals surface area contributed by atoms with Crippen LogP contribution in [-0.2, 0) is 9.59 Å². The zero-order valence-electron chi connectivity index (χ0n) is 20.8. The quantitative estimate of drug-likeness (QED) is 0.113. The second-order valence-electron chi connectivity index (χ2n) is 8.78. The monoisotopic (exact) mass is 548 g/mol. The molecule has 1 aliphatic heterocycles. The van der Waals surface area contributed by atoms with Crippen molar-refractivity contribution in [3.63, 3.8) is 0 Å². The van der Waals surface area contributed by atoms with Crippen LogP contribution in [0.2, 0.25) is 5.02 Å². The van der Waals surface area contributed by atoms with Gasteiger partial charge in [-0.15, -0.1) is 0 Å². The van der Waals surface area contributed by atoms with E-state index in [1.54, 1.807) is 66.7 Å². The molecule has 5 rings (SSSR count). The molecule has 1 saturated heterocycles. The lowest BCUT2D eigenvalue weighted by molar-refractivity contribution is -0.132. The highest BCUT2D eigenvalue weighted by Crippen LogP contribution is 2.45. The number of fused-ring (bicyclic) bond motifs is 1. The Labute approximate surface area is 228 Å². The summed E-state index contributed by atoms with van der Waals surface area (Å²) < 4.78 is 12.0. The number of aromatic nitrogens is 1. The summed E-state index contributed by atoms with van der Waals surface area (Å²) in [6.07, 6.45) is 1.88. The van der Waals surface area contributed by atoms with Gasteiger partial charge in [0.05, 0.1) is 35.5 Å². The molecule has 7 nitrogen and oxygen atoms in total. The number of anilines is 1. The number of Topliss-reactive ketones (excluding diaryl/α,β-unsaturated/α-hetero) is 1. The van der Waals surface area contributed by atoms with Crippen molar-refractivity contribution in [1.82, 2.24) is 4.98 Å². The van der Waals surface area contributed by atoms with Gasteiger partial charge in [0.1, 0.15) is 17.3 Å². The fourth-order valence-corrected chi connectivity index (χ4v) is 5.64. The van der Waals surface area contributed by atoms with Crippen molar-refractivity contribution in [1.29, 1.82) is 0 Å². The van der Waals surface area contributed by atoms with Gasteiger partial charge in [-0.1, -0.05) is 60.5 Å². The zero-order valence-corrected chi connectivity index (χ0v) is 22.4. The van der Waals surface area contributed by atoms with Crippen LogP contribution in [0.5, 0.6) is 11.5 Å². The summed E-state index contributed by atoms with van der Waals surface area (Å²) in [6.45, 7) is 2.61. The molecule has 4 aromatic rings. The van der Waals surface area contributed by atoms with Crippen molar-refractivity contribution in [2.24, 2.45) is 0 Å². The maximum Gasteiger partial charge on any atom is 0.301 e. The first-order chi connectivity index (χ1) is 18.4. The minimum absolute atomic E-state index is 0.0359. The van der Waals surface area contributed by atoms with Crippen molar-refractivity contribution in [2.45, 2.75) is 25.8 Å². The molecule has 1 fully saturated rings. The minimum atomic E-state index is -0.925. The summed E-state index contributed by atoms with van der Waals surface area (Å²) in [4.78, 5) is 32.9. The number of nitrogens with zero attached hydrogens (tertiary/aromatic N) is 2. The van der Waals surface area contributed by atoms with Gasteiger partial charge in [-0.25, -0.2) is 4.98 Å². The Morgan fingerprint density at radius 1 is 1.08 bits per heavy atom. The molecule has 2 heterocycles. The lowest BCUT2D eigenvalue weighted by Crippen LogP contribution is -2.29. The van der Waals surface area contributed by atoms with E-state index in [0.717, 1.165) is 17.5 Å². The largest absolute Gasteiger partial charge is 0.507 e. The number of thiazole rings is 1. The van der Waals surface area contributed by atoms with Crippen molar-refractivity contribution >= 4 is 55.7 Å². The predicted octanol–water partition coefficient (Wildman–Crippen LogP) is 6.76. The average Bonchev–Trinajstić information content (AvgIpc) is 3.46. The summed E-state index contributed by atoms with van der Waals surface area (Å²) in [7, 11) is 1.54. The van der Waals surface area contributed by atoms with Gasteiger partial charge in [0, 0.05) is 10.6 Å². The molecule has 3 aromatic carbocycles. The van der Waals surface area contributed by atoms with Crippen LogP contribution < -0.4 is 14.4 Å². The Balaban J connectivity index is 1.66. The highest BCUT2D eigenvalue weighted by molar-refractivity contribution is 7.22. The van der Waals surface area contributed by atoms with Gasteiger partial charge in [0.25, 0.3) is 5.78 Å². The SMILES string of the molecule is CCCCOc1cccc(/C(O)=C2\C(=O)C(=O)N(c3nc4ccc(Cl)cc4s3)C2c2cccc(OC)c2)c1. The average molecular weight is 549 g/mol. The van der Waals surface area contributed by atoms with E-state index >= 15 is 0 Å². The van der Waals surface area contributed by atoms with Crippen molar-refractivity contribution in [3.8, 4) is 11.5 Å². The van der Waals surface area contributed by atoms with Gasteiger partial charge in [-0.3, -0.25) is 14.5 Å². The second kappa shape index (κ2) is 10.8. The lowest BCUT2D eigenvalue weighted by atomic mass is 9.95. The van der Waals surface area contributed by atoms with Crippen LogP contribution in [0.1, 0.15) is 36.9 Å². The summed E-state index contributed by atoms with van der Waals surface area (Å²) in [5, 5.41) is 12.3. The number of rotatable bonds is 8. The number of hydrogen-bond donors (Lipinski definition) is 1. The Morgan fingerprint density at radius 2 is 1.87 bits per heavy atom. The van der Waals surface area contributed by atoms with E-state index < -0.39 is 17.7 Å². The molecule has 1 atom stereocenters. The second-order valence-corrected chi connectivity index (χ2v) is 10.2. The normalized spacial score (nSPS) is 16.8. The number of hydrogen-bond acceptors (Lipinski definition) is 7. The Kier molecular flexibility index (Phi) is 7.35. The van der Waals surface area contributed by atoms with E-state index in [4.69, 9.17) is 21.1 Å². The number of ether oxygens (including phenoxy) is 2. The molecule has 1 aromatic heterocycles. The van der Waals surface area contributed by atoms with Gasteiger partial charge >= 0.3 is 5.91 Å². The zero-order chi connectivity index (χ0) is 26.8. The molecule has 0 spiro atoms. The van der Waals surface area contributed by atoms with E-state index in [2.05, 4.69) is 11.9 Å². The number of aliphatic hydroxyl groups excluding tert-OH is 1. The number of ketones is 1. The molecule has 1 unspecified atom stereocenters. The highest BCUT2D eigenvalue weighted by Gasteiger charge is 2.48. The number of carbonyl (C=O) groups excluding carboxylic acids is 2. The van der Waals surface area contributed by atoms with Gasteiger partial charge < -0.3 is 14.6 Å².